The largest absolute Gasteiger partial charge is 0.493 e. The molecule has 6 heteroatoms. The molecule has 184 valence electrons. The molecule has 0 aliphatic carbocycles. The third-order valence-corrected chi connectivity index (χ3v) is 6.39. The van der Waals surface area contributed by atoms with Gasteiger partial charge >= 0.3 is 5.97 Å². The maximum absolute atomic E-state index is 12.4. The highest BCUT2D eigenvalue weighted by molar-refractivity contribution is 5.76. The number of nitrogens with one attached hydrogen (secondary N) is 1. The minimum atomic E-state index is -0.331. The van der Waals surface area contributed by atoms with Crippen LogP contribution < -0.4 is 14.8 Å². The second kappa shape index (κ2) is 12.4. The van der Waals surface area contributed by atoms with Gasteiger partial charge in [0.05, 0.1) is 14.2 Å². The van der Waals surface area contributed by atoms with Gasteiger partial charge in [0.25, 0.3) is 0 Å². The fraction of sp³-hybridized carbons (Fsp3) is 0.345. The molecule has 1 aliphatic rings. The molecule has 1 fully saturated rings. The van der Waals surface area contributed by atoms with Crippen LogP contribution in [0.25, 0.3) is 0 Å². The number of rotatable bonds is 10. The SMILES string of the molecule is COC(=O)[C@H](Cc1ccccc1)NC1CCN(Cc2cccc(Oc3ccccc3OC)c2)CC1. The van der Waals surface area contributed by atoms with Crippen LogP contribution in [-0.2, 0) is 22.5 Å². The Balaban J connectivity index is 1.30. The van der Waals surface area contributed by atoms with E-state index < -0.39 is 0 Å². The zero-order chi connectivity index (χ0) is 24.5. The topological polar surface area (TPSA) is 60.0 Å². The van der Waals surface area contributed by atoms with Crippen molar-refractivity contribution in [1.29, 1.82) is 0 Å². The minimum absolute atomic E-state index is 0.205. The number of para-hydroxylation sites is 2. The first kappa shape index (κ1) is 24.8. The van der Waals surface area contributed by atoms with E-state index in [1.807, 2.05) is 66.7 Å². The minimum Gasteiger partial charge on any atom is -0.493 e. The van der Waals surface area contributed by atoms with Crippen LogP contribution in [0, 0.1) is 0 Å². The molecular formula is C29H34N2O4. The highest BCUT2D eigenvalue weighted by atomic mass is 16.5. The zero-order valence-electron chi connectivity index (χ0n) is 20.5. The van der Waals surface area contributed by atoms with E-state index in [0.29, 0.717) is 24.0 Å². The van der Waals surface area contributed by atoms with Crippen molar-refractivity contribution in [2.75, 3.05) is 27.3 Å². The molecule has 0 unspecified atom stereocenters. The van der Waals surface area contributed by atoms with Crippen LogP contribution in [0.15, 0.2) is 78.9 Å². The highest BCUT2D eigenvalue weighted by Gasteiger charge is 2.26. The van der Waals surface area contributed by atoms with Gasteiger partial charge < -0.3 is 19.5 Å². The lowest BCUT2D eigenvalue weighted by molar-refractivity contribution is -0.143. The van der Waals surface area contributed by atoms with Crippen molar-refractivity contribution in [2.45, 2.75) is 37.9 Å². The van der Waals surface area contributed by atoms with Crippen molar-refractivity contribution >= 4 is 5.97 Å². The van der Waals surface area contributed by atoms with Gasteiger partial charge in [-0.3, -0.25) is 9.69 Å². The Morgan fingerprint density at radius 3 is 2.31 bits per heavy atom. The summed E-state index contributed by atoms with van der Waals surface area (Å²) in [4.78, 5) is 14.8. The van der Waals surface area contributed by atoms with Gasteiger partial charge in [-0.25, -0.2) is 0 Å². The molecule has 4 rings (SSSR count). The average molecular weight is 475 g/mol. The Labute approximate surface area is 207 Å². The summed E-state index contributed by atoms with van der Waals surface area (Å²) in [6, 6.07) is 25.9. The maximum atomic E-state index is 12.4. The predicted molar refractivity (Wildman–Crippen MR) is 137 cm³/mol. The quantitative estimate of drug-likeness (QED) is 0.425. The Bertz CT molecular complexity index is 1080. The van der Waals surface area contributed by atoms with Crippen LogP contribution in [0.1, 0.15) is 24.0 Å². The number of carbonyl (C=O) groups is 1. The molecule has 0 radical (unpaired) electrons. The van der Waals surface area contributed by atoms with Gasteiger partial charge in [0.2, 0.25) is 0 Å². The van der Waals surface area contributed by atoms with Crippen LogP contribution in [0.4, 0.5) is 0 Å². The molecule has 0 bridgehead atoms. The van der Waals surface area contributed by atoms with Gasteiger partial charge in [-0.05, 0) is 67.7 Å². The van der Waals surface area contributed by atoms with E-state index in [1.165, 1.54) is 12.7 Å². The van der Waals surface area contributed by atoms with Crippen LogP contribution in [0.2, 0.25) is 0 Å². The first-order valence-corrected chi connectivity index (χ1v) is 12.1. The Kier molecular flexibility index (Phi) is 8.76. The van der Waals surface area contributed by atoms with Crippen molar-refractivity contribution in [3.05, 3.63) is 90.0 Å². The molecule has 1 saturated heterocycles. The lowest BCUT2D eigenvalue weighted by atomic mass is 10.00. The first-order valence-electron chi connectivity index (χ1n) is 12.1. The normalized spacial score (nSPS) is 15.4. The number of piperidine rings is 1. The lowest BCUT2D eigenvalue weighted by Gasteiger charge is -2.34. The monoisotopic (exact) mass is 474 g/mol. The van der Waals surface area contributed by atoms with Gasteiger partial charge in [0.15, 0.2) is 11.5 Å². The fourth-order valence-electron chi connectivity index (χ4n) is 4.54. The molecule has 1 aliphatic heterocycles. The predicted octanol–water partition coefficient (Wildman–Crippen LogP) is 4.83. The second-order valence-electron chi connectivity index (χ2n) is 8.88. The summed E-state index contributed by atoms with van der Waals surface area (Å²) in [5, 5.41) is 3.55. The summed E-state index contributed by atoms with van der Waals surface area (Å²) >= 11 is 0. The highest BCUT2D eigenvalue weighted by Crippen LogP contribution is 2.31. The second-order valence-corrected chi connectivity index (χ2v) is 8.88. The zero-order valence-corrected chi connectivity index (χ0v) is 20.5. The van der Waals surface area contributed by atoms with E-state index in [0.717, 1.165) is 43.8 Å². The van der Waals surface area contributed by atoms with Gasteiger partial charge in [0, 0.05) is 12.6 Å². The summed E-state index contributed by atoms with van der Waals surface area (Å²) in [6.07, 6.45) is 2.60. The van der Waals surface area contributed by atoms with Crippen LogP contribution in [0.3, 0.4) is 0 Å². The van der Waals surface area contributed by atoms with Crippen molar-refractivity contribution in [3.63, 3.8) is 0 Å². The van der Waals surface area contributed by atoms with Crippen LogP contribution in [-0.4, -0.2) is 50.3 Å². The Hall–Kier alpha value is -3.35. The third-order valence-electron chi connectivity index (χ3n) is 6.39. The van der Waals surface area contributed by atoms with Crippen LogP contribution in [0.5, 0.6) is 17.2 Å². The molecule has 1 heterocycles. The number of hydrogen-bond donors (Lipinski definition) is 1. The molecule has 3 aromatic rings. The van der Waals surface area contributed by atoms with Crippen molar-refractivity contribution < 1.29 is 19.0 Å². The van der Waals surface area contributed by atoms with Gasteiger partial charge in [-0.2, -0.15) is 0 Å². The van der Waals surface area contributed by atoms with Crippen molar-refractivity contribution in [2.24, 2.45) is 0 Å². The molecule has 0 amide bonds. The molecule has 0 saturated carbocycles. The van der Waals surface area contributed by atoms with E-state index in [-0.39, 0.29) is 12.0 Å². The maximum Gasteiger partial charge on any atom is 0.323 e. The van der Waals surface area contributed by atoms with Crippen LogP contribution >= 0.6 is 0 Å². The standard InChI is InChI=1S/C29H34N2O4/c1-33-27-13-6-7-14-28(27)35-25-12-8-11-23(19-25)21-31-17-15-24(16-18-31)30-26(29(32)34-2)20-22-9-4-3-5-10-22/h3-14,19,24,26,30H,15-18,20-21H2,1-2H3/t26-/m0/s1. The van der Waals surface area contributed by atoms with E-state index in [2.05, 4.69) is 22.3 Å². The lowest BCUT2D eigenvalue weighted by Crippen LogP contribution is -2.49. The summed E-state index contributed by atoms with van der Waals surface area (Å²) in [5.41, 5.74) is 2.34. The molecule has 3 aromatic carbocycles. The molecule has 1 atom stereocenters. The van der Waals surface area contributed by atoms with E-state index in [4.69, 9.17) is 14.2 Å². The number of hydrogen-bond acceptors (Lipinski definition) is 6. The molecule has 35 heavy (non-hydrogen) atoms. The average Bonchev–Trinajstić information content (AvgIpc) is 2.90. The molecule has 0 spiro atoms. The third kappa shape index (κ3) is 7.07. The summed E-state index contributed by atoms with van der Waals surface area (Å²) < 4.78 is 16.5. The van der Waals surface area contributed by atoms with Gasteiger partial charge in [-0.15, -0.1) is 0 Å². The Morgan fingerprint density at radius 1 is 0.914 bits per heavy atom. The Morgan fingerprint density at radius 2 is 1.60 bits per heavy atom. The van der Waals surface area contributed by atoms with Gasteiger partial charge in [-0.1, -0.05) is 54.6 Å². The van der Waals surface area contributed by atoms with E-state index in [9.17, 15) is 4.79 Å². The van der Waals surface area contributed by atoms with Crippen molar-refractivity contribution in [1.82, 2.24) is 10.2 Å². The number of esters is 1. The van der Waals surface area contributed by atoms with Gasteiger partial charge in [0.1, 0.15) is 11.8 Å². The molecule has 1 N–H and O–H groups in total. The number of carbonyl (C=O) groups excluding carboxylic acids is 1. The molecular weight excluding hydrogens is 440 g/mol. The number of likely N-dealkylation sites (tertiary alicyclic amines) is 1. The molecule has 6 nitrogen and oxygen atoms in total. The smallest absolute Gasteiger partial charge is 0.323 e. The number of ether oxygens (including phenoxy) is 3. The number of benzene rings is 3. The summed E-state index contributed by atoms with van der Waals surface area (Å²) in [7, 11) is 3.10. The van der Waals surface area contributed by atoms with E-state index in [1.54, 1.807) is 7.11 Å². The van der Waals surface area contributed by atoms with E-state index >= 15 is 0 Å². The summed E-state index contributed by atoms with van der Waals surface area (Å²) in [6.45, 7) is 2.79. The molecule has 0 aromatic heterocycles. The first-order chi connectivity index (χ1) is 17.1. The number of nitrogens with zero attached hydrogens (tertiary/aromatic N) is 1. The van der Waals surface area contributed by atoms with Crippen molar-refractivity contribution in [3.8, 4) is 17.2 Å². The summed E-state index contributed by atoms with van der Waals surface area (Å²) in [5.74, 6) is 2.01. The fourth-order valence-corrected chi connectivity index (χ4v) is 4.54. The number of methoxy groups -OCH3 is 2.